The lowest BCUT2D eigenvalue weighted by Crippen LogP contribution is -2.13. The molecule has 0 aliphatic carbocycles. The second-order valence-electron chi connectivity index (χ2n) is 9.22. The number of nitrogens with one attached hydrogen (secondary N) is 2. The Morgan fingerprint density at radius 2 is 1.76 bits per heavy atom. The van der Waals surface area contributed by atoms with E-state index in [0.29, 0.717) is 5.56 Å². The standard InChI is InChI=1S/C31H26N4O3/c1-20-5-3-6-22(15-20)31(36)32-23-7-4-8-24(17-23)35(2)25-11-12-26-27(33-34-28(26)18-25)13-9-21-10-14-29-30(16-21)38-19-37-29/h3-18H,19H2,1-2H3,(H,32,36)(H,33,34). The van der Waals surface area contributed by atoms with Crippen LogP contribution >= 0.6 is 0 Å². The molecule has 1 amide bonds. The maximum atomic E-state index is 12.7. The lowest BCUT2D eigenvalue weighted by Gasteiger charge is -2.20. The van der Waals surface area contributed by atoms with Crippen molar-refractivity contribution >= 4 is 46.0 Å². The van der Waals surface area contributed by atoms with Gasteiger partial charge in [-0.25, -0.2) is 0 Å². The number of carbonyl (C=O) groups excluding carboxylic acids is 1. The summed E-state index contributed by atoms with van der Waals surface area (Å²) in [5.74, 6) is 1.39. The Morgan fingerprint density at radius 1 is 0.921 bits per heavy atom. The highest BCUT2D eigenvalue weighted by Crippen LogP contribution is 2.33. The Labute approximate surface area is 220 Å². The van der Waals surface area contributed by atoms with Gasteiger partial charge in [0.1, 0.15) is 0 Å². The number of hydrogen-bond acceptors (Lipinski definition) is 5. The zero-order valence-corrected chi connectivity index (χ0v) is 21.1. The van der Waals surface area contributed by atoms with Crippen molar-refractivity contribution in [2.75, 3.05) is 24.1 Å². The number of ether oxygens (including phenoxy) is 2. The van der Waals surface area contributed by atoms with E-state index in [-0.39, 0.29) is 12.7 Å². The molecule has 5 aromatic rings. The van der Waals surface area contributed by atoms with Gasteiger partial charge in [-0.3, -0.25) is 9.89 Å². The lowest BCUT2D eigenvalue weighted by molar-refractivity contribution is 0.102. The number of benzene rings is 4. The van der Waals surface area contributed by atoms with Crippen molar-refractivity contribution in [3.8, 4) is 11.5 Å². The van der Waals surface area contributed by atoms with Crippen molar-refractivity contribution in [1.82, 2.24) is 10.2 Å². The van der Waals surface area contributed by atoms with Crippen LogP contribution in [0.3, 0.4) is 0 Å². The van der Waals surface area contributed by atoms with E-state index in [2.05, 4.69) is 38.6 Å². The highest BCUT2D eigenvalue weighted by Gasteiger charge is 2.13. The Hall–Kier alpha value is -5.04. The van der Waals surface area contributed by atoms with E-state index in [4.69, 9.17) is 9.47 Å². The summed E-state index contributed by atoms with van der Waals surface area (Å²) >= 11 is 0. The number of carbonyl (C=O) groups is 1. The molecule has 188 valence electrons. The highest BCUT2D eigenvalue weighted by atomic mass is 16.7. The second kappa shape index (κ2) is 9.78. The minimum absolute atomic E-state index is 0.131. The molecule has 4 aromatic carbocycles. The maximum Gasteiger partial charge on any atom is 0.255 e. The van der Waals surface area contributed by atoms with Gasteiger partial charge in [0.15, 0.2) is 11.5 Å². The van der Waals surface area contributed by atoms with Gasteiger partial charge in [-0.15, -0.1) is 0 Å². The smallest absolute Gasteiger partial charge is 0.255 e. The zero-order chi connectivity index (χ0) is 26.1. The van der Waals surface area contributed by atoms with Gasteiger partial charge in [0, 0.05) is 35.1 Å². The number of nitrogens with zero attached hydrogens (tertiary/aromatic N) is 2. The van der Waals surface area contributed by atoms with Gasteiger partial charge in [0.25, 0.3) is 5.91 Å². The van der Waals surface area contributed by atoms with Crippen molar-refractivity contribution in [2.24, 2.45) is 0 Å². The molecule has 0 unspecified atom stereocenters. The number of aromatic amines is 1. The molecule has 7 nitrogen and oxygen atoms in total. The largest absolute Gasteiger partial charge is 0.454 e. The average Bonchev–Trinajstić information content (AvgIpc) is 3.57. The molecule has 0 atom stereocenters. The maximum absolute atomic E-state index is 12.7. The van der Waals surface area contributed by atoms with E-state index in [1.54, 1.807) is 0 Å². The zero-order valence-electron chi connectivity index (χ0n) is 21.1. The molecule has 2 heterocycles. The lowest BCUT2D eigenvalue weighted by atomic mass is 10.1. The van der Waals surface area contributed by atoms with Crippen LogP contribution < -0.4 is 19.7 Å². The van der Waals surface area contributed by atoms with Crippen LogP contribution in [0.5, 0.6) is 11.5 Å². The molecule has 0 fully saturated rings. The van der Waals surface area contributed by atoms with Crippen LogP contribution in [0.2, 0.25) is 0 Å². The third-order valence-corrected chi connectivity index (χ3v) is 6.57. The van der Waals surface area contributed by atoms with Crippen molar-refractivity contribution in [3.63, 3.8) is 0 Å². The molecule has 0 spiro atoms. The van der Waals surface area contributed by atoms with Gasteiger partial charge >= 0.3 is 0 Å². The highest BCUT2D eigenvalue weighted by molar-refractivity contribution is 6.04. The number of rotatable bonds is 6. The molecule has 6 rings (SSSR count). The van der Waals surface area contributed by atoms with Crippen LogP contribution in [0, 0.1) is 6.92 Å². The number of H-pyrrole nitrogens is 1. The average molecular weight is 503 g/mol. The summed E-state index contributed by atoms with van der Waals surface area (Å²) in [5, 5.41) is 11.7. The van der Waals surface area contributed by atoms with E-state index in [1.807, 2.05) is 92.9 Å². The molecule has 0 bridgehead atoms. The third kappa shape index (κ3) is 4.69. The van der Waals surface area contributed by atoms with Crippen LogP contribution in [-0.4, -0.2) is 29.9 Å². The SMILES string of the molecule is Cc1cccc(C(=O)Nc2cccc(N(C)c3ccc4c(C=Cc5ccc6c(c5)OCO6)n[nH]c4c3)c2)c1. The summed E-state index contributed by atoms with van der Waals surface area (Å²) in [4.78, 5) is 14.8. The first-order chi connectivity index (χ1) is 18.5. The van der Waals surface area contributed by atoms with Crippen LogP contribution in [0.15, 0.2) is 84.9 Å². The summed E-state index contributed by atoms with van der Waals surface area (Å²) in [6.45, 7) is 2.23. The van der Waals surface area contributed by atoms with Crippen LogP contribution in [0.4, 0.5) is 17.1 Å². The number of amides is 1. The summed E-state index contributed by atoms with van der Waals surface area (Å²) in [7, 11) is 2.00. The van der Waals surface area contributed by atoms with E-state index >= 15 is 0 Å². The van der Waals surface area contributed by atoms with Crippen molar-refractivity contribution in [2.45, 2.75) is 6.92 Å². The summed E-state index contributed by atoms with van der Waals surface area (Å²) in [6, 6.07) is 27.4. The summed E-state index contributed by atoms with van der Waals surface area (Å²) < 4.78 is 10.8. The second-order valence-corrected chi connectivity index (χ2v) is 9.22. The topological polar surface area (TPSA) is 79.5 Å². The molecule has 0 saturated heterocycles. The van der Waals surface area contributed by atoms with Gasteiger partial charge in [-0.05, 0) is 79.2 Å². The Bertz CT molecular complexity index is 1690. The first-order valence-corrected chi connectivity index (χ1v) is 12.3. The molecule has 0 radical (unpaired) electrons. The molecule has 7 heteroatoms. The Kier molecular flexibility index (Phi) is 6.01. The quantitative estimate of drug-likeness (QED) is 0.267. The molecular formula is C31H26N4O3. The molecule has 0 saturated carbocycles. The fourth-order valence-electron chi connectivity index (χ4n) is 4.49. The van der Waals surface area contributed by atoms with E-state index < -0.39 is 0 Å². The number of hydrogen-bond donors (Lipinski definition) is 2. The monoisotopic (exact) mass is 502 g/mol. The van der Waals surface area contributed by atoms with Crippen LogP contribution in [0.25, 0.3) is 23.1 Å². The van der Waals surface area contributed by atoms with Crippen LogP contribution in [-0.2, 0) is 0 Å². The van der Waals surface area contributed by atoms with Gasteiger partial charge in [0.2, 0.25) is 6.79 Å². The molecule has 1 aromatic heterocycles. The molecule has 1 aliphatic rings. The predicted molar refractivity (Wildman–Crippen MR) is 151 cm³/mol. The van der Waals surface area contributed by atoms with Crippen molar-refractivity contribution in [1.29, 1.82) is 0 Å². The fraction of sp³-hybridized carbons (Fsp3) is 0.0968. The Balaban J connectivity index is 1.19. The van der Waals surface area contributed by atoms with Gasteiger partial charge in [-0.2, -0.15) is 5.10 Å². The fourth-order valence-corrected chi connectivity index (χ4v) is 4.49. The number of aryl methyl sites for hydroxylation is 1. The normalized spacial score (nSPS) is 12.3. The van der Waals surface area contributed by atoms with Gasteiger partial charge in [0.05, 0.1) is 11.2 Å². The van der Waals surface area contributed by atoms with Crippen molar-refractivity contribution < 1.29 is 14.3 Å². The summed E-state index contributed by atoms with van der Waals surface area (Å²) in [5.41, 5.74) is 7.17. The minimum atomic E-state index is -0.131. The van der Waals surface area contributed by atoms with E-state index in [9.17, 15) is 4.79 Å². The third-order valence-electron chi connectivity index (χ3n) is 6.57. The molecule has 2 N–H and O–H groups in total. The Morgan fingerprint density at radius 3 is 2.66 bits per heavy atom. The van der Waals surface area contributed by atoms with Crippen molar-refractivity contribution in [3.05, 3.63) is 107 Å². The first-order valence-electron chi connectivity index (χ1n) is 12.3. The van der Waals surface area contributed by atoms with E-state index in [0.717, 1.165) is 56.3 Å². The number of anilines is 3. The van der Waals surface area contributed by atoms with Gasteiger partial charge in [-0.1, -0.05) is 35.9 Å². The number of aromatic nitrogens is 2. The predicted octanol–water partition coefficient (Wildman–Crippen LogP) is 6.79. The van der Waals surface area contributed by atoms with Crippen LogP contribution in [0.1, 0.15) is 27.2 Å². The molecular weight excluding hydrogens is 476 g/mol. The number of fused-ring (bicyclic) bond motifs is 2. The molecule has 1 aliphatic heterocycles. The van der Waals surface area contributed by atoms with E-state index in [1.165, 1.54) is 0 Å². The molecule has 38 heavy (non-hydrogen) atoms. The summed E-state index contributed by atoms with van der Waals surface area (Å²) in [6.07, 6.45) is 3.99. The first kappa shape index (κ1) is 23.4. The minimum Gasteiger partial charge on any atom is -0.454 e. The van der Waals surface area contributed by atoms with Gasteiger partial charge < -0.3 is 19.7 Å².